The number of nitrogens with one attached hydrogen (secondary N) is 1. The van der Waals surface area contributed by atoms with Gasteiger partial charge in [-0.1, -0.05) is 54.7 Å². The van der Waals surface area contributed by atoms with Crippen LogP contribution in [0, 0.1) is 0 Å². The maximum atomic E-state index is 6.20. The predicted molar refractivity (Wildman–Crippen MR) is 86.8 cm³/mol. The molecule has 1 nitrogen and oxygen atoms in total. The molecule has 0 saturated carbocycles. The van der Waals surface area contributed by atoms with Crippen molar-refractivity contribution < 1.29 is 0 Å². The summed E-state index contributed by atoms with van der Waals surface area (Å²) in [6, 6.07) is 10.5. The van der Waals surface area contributed by atoms with E-state index >= 15 is 0 Å². The van der Waals surface area contributed by atoms with Gasteiger partial charge in [0.25, 0.3) is 0 Å². The van der Waals surface area contributed by atoms with Crippen LogP contribution in [0.15, 0.2) is 30.3 Å². The minimum absolute atomic E-state index is 0.147. The molecular formula is C15H17Cl2NS. The van der Waals surface area contributed by atoms with Crippen LogP contribution >= 0.6 is 34.5 Å². The van der Waals surface area contributed by atoms with E-state index < -0.39 is 0 Å². The molecule has 102 valence electrons. The predicted octanol–water partition coefficient (Wildman–Crippen LogP) is 6.18. The monoisotopic (exact) mass is 313 g/mol. The Labute approximate surface area is 128 Å². The van der Waals surface area contributed by atoms with Crippen LogP contribution in [0.3, 0.4) is 0 Å². The van der Waals surface area contributed by atoms with Gasteiger partial charge in [0.2, 0.25) is 0 Å². The fourth-order valence-corrected chi connectivity index (χ4v) is 3.75. The van der Waals surface area contributed by atoms with Gasteiger partial charge in [0.15, 0.2) is 0 Å². The van der Waals surface area contributed by atoms with Crippen LogP contribution in [0.1, 0.15) is 37.4 Å². The lowest BCUT2D eigenvalue weighted by atomic mass is 10.1. The highest BCUT2D eigenvalue weighted by Gasteiger charge is 2.14. The van der Waals surface area contributed by atoms with Crippen molar-refractivity contribution in [2.75, 3.05) is 5.32 Å². The Morgan fingerprint density at radius 2 is 2.00 bits per heavy atom. The molecule has 1 aromatic heterocycles. The van der Waals surface area contributed by atoms with Gasteiger partial charge in [-0.3, -0.25) is 0 Å². The van der Waals surface area contributed by atoms with Crippen LogP contribution < -0.4 is 5.32 Å². The molecule has 19 heavy (non-hydrogen) atoms. The van der Waals surface area contributed by atoms with Gasteiger partial charge in [-0.15, -0.1) is 11.3 Å². The van der Waals surface area contributed by atoms with E-state index in [0.29, 0.717) is 0 Å². The van der Waals surface area contributed by atoms with Gasteiger partial charge < -0.3 is 5.32 Å². The Bertz CT molecular complexity index is 551. The summed E-state index contributed by atoms with van der Waals surface area (Å²) < 4.78 is 1.49. The van der Waals surface area contributed by atoms with E-state index in [4.69, 9.17) is 23.2 Å². The van der Waals surface area contributed by atoms with Crippen molar-refractivity contribution in [2.45, 2.75) is 32.7 Å². The lowest BCUT2D eigenvalue weighted by Gasteiger charge is -2.17. The molecule has 1 atom stereocenters. The van der Waals surface area contributed by atoms with Gasteiger partial charge in [0.1, 0.15) is 0 Å². The average molecular weight is 314 g/mol. The quantitative estimate of drug-likeness (QED) is 0.695. The first-order valence-corrected chi connectivity index (χ1v) is 7.98. The maximum Gasteiger partial charge on any atom is 0.0996 e. The first kappa shape index (κ1) is 14.7. The van der Waals surface area contributed by atoms with Crippen LogP contribution in [-0.2, 0) is 6.42 Å². The van der Waals surface area contributed by atoms with Gasteiger partial charge in [0.05, 0.1) is 14.7 Å². The van der Waals surface area contributed by atoms with E-state index in [1.165, 1.54) is 22.6 Å². The summed E-state index contributed by atoms with van der Waals surface area (Å²) in [5, 5.41) is 3.53. The van der Waals surface area contributed by atoms with Gasteiger partial charge in [-0.25, -0.2) is 0 Å². The minimum atomic E-state index is 0.147. The molecule has 4 heteroatoms. The molecule has 2 aromatic rings. The topological polar surface area (TPSA) is 12.0 Å². The molecule has 0 saturated heterocycles. The summed E-state index contributed by atoms with van der Waals surface area (Å²) in [5.41, 5.74) is 3.58. The van der Waals surface area contributed by atoms with Crippen molar-refractivity contribution in [1.82, 2.24) is 0 Å². The Morgan fingerprint density at radius 3 is 2.63 bits per heavy atom. The largest absolute Gasteiger partial charge is 0.378 e. The molecule has 0 fully saturated rings. The molecule has 0 bridgehead atoms. The second-order valence-corrected chi connectivity index (χ2v) is 6.84. The molecule has 0 aliphatic heterocycles. The van der Waals surface area contributed by atoms with E-state index in [-0.39, 0.29) is 6.04 Å². The summed E-state index contributed by atoms with van der Waals surface area (Å²) in [6.45, 7) is 4.29. The third kappa shape index (κ3) is 3.65. The summed E-state index contributed by atoms with van der Waals surface area (Å²) in [7, 11) is 0. The number of halogens is 2. The summed E-state index contributed by atoms with van der Waals surface area (Å²) in [5.74, 6) is 0. The SMILES string of the molecule is CCCc1ccccc1NC(C)c1cc(Cl)sc1Cl. The van der Waals surface area contributed by atoms with Gasteiger partial charge in [0, 0.05) is 11.3 Å². The molecule has 0 aliphatic rings. The van der Waals surface area contributed by atoms with Crippen LogP contribution in [-0.4, -0.2) is 0 Å². The van der Waals surface area contributed by atoms with Gasteiger partial charge >= 0.3 is 0 Å². The highest BCUT2D eigenvalue weighted by molar-refractivity contribution is 7.20. The van der Waals surface area contributed by atoms with Crippen LogP contribution in [0.25, 0.3) is 0 Å². The van der Waals surface area contributed by atoms with Crippen molar-refractivity contribution >= 4 is 40.2 Å². The van der Waals surface area contributed by atoms with Crippen molar-refractivity contribution in [3.05, 3.63) is 50.1 Å². The fraction of sp³-hybridized carbons (Fsp3) is 0.333. The van der Waals surface area contributed by atoms with Crippen molar-refractivity contribution in [3.63, 3.8) is 0 Å². The van der Waals surface area contributed by atoms with Crippen molar-refractivity contribution in [3.8, 4) is 0 Å². The molecule has 0 radical (unpaired) electrons. The average Bonchev–Trinajstić information content (AvgIpc) is 2.71. The lowest BCUT2D eigenvalue weighted by molar-refractivity contribution is 0.871. The Morgan fingerprint density at radius 1 is 1.26 bits per heavy atom. The third-order valence-electron chi connectivity index (χ3n) is 3.06. The number of thiophene rings is 1. The van der Waals surface area contributed by atoms with E-state index in [1.807, 2.05) is 6.07 Å². The first-order valence-electron chi connectivity index (χ1n) is 6.41. The molecular weight excluding hydrogens is 297 g/mol. The maximum absolute atomic E-state index is 6.20. The normalized spacial score (nSPS) is 12.4. The number of hydrogen-bond donors (Lipinski definition) is 1. The van der Waals surface area contributed by atoms with Gasteiger partial charge in [-0.2, -0.15) is 0 Å². The van der Waals surface area contributed by atoms with Gasteiger partial charge in [-0.05, 0) is 31.0 Å². The summed E-state index contributed by atoms with van der Waals surface area (Å²) in [6.07, 6.45) is 2.21. The Hall–Kier alpha value is -0.700. The molecule has 0 aliphatic carbocycles. The number of anilines is 1. The highest BCUT2D eigenvalue weighted by atomic mass is 35.5. The lowest BCUT2D eigenvalue weighted by Crippen LogP contribution is -2.08. The highest BCUT2D eigenvalue weighted by Crippen LogP contribution is 2.36. The molecule has 2 rings (SSSR count). The number of hydrogen-bond acceptors (Lipinski definition) is 2. The molecule has 1 heterocycles. The van der Waals surface area contributed by atoms with E-state index in [2.05, 4.69) is 43.4 Å². The van der Waals surface area contributed by atoms with Crippen molar-refractivity contribution in [2.24, 2.45) is 0 Å². The fourth-order valence-electron chi connectivity index (χ4n) is 2.11. The number of aryl methyl sites for hydroxylation is 1. The molecule has 0 spiro atoms. The molecule has 1 N–H and O–H groups in total. The number of rotatable bonds is 5. The van der Waals surface area contributed by atoms with Crippen LogP contribution in [0.4, 0.5) is 5.69 Å². The Kier molecular flexibility index (Phi) is 5.14. The van der Waals surface area contributed by atoms with E-state index in [0.717, 1.165) is 27.1 Å². The third-order valence-corrected chi connectivity index (χ3v) is 4.58. The number of para-hydroxylation sites is 1. The first-order chi connectivity index (χ1) is 9.11. The molecule has 1 unspecified atom stereocenters. The zero-order chi connectivity index (χ0) is 13.8. The number of benzene rings is 1. The minimum Gasteiger partial charge on any atom is -0.378 e. The van der Waals surface area contributed by atoms with Crippen LogP contribution in [0.5, 0.6) is 0 Å². The summed E-state index contributed by atoms with van der Waals surface area (Å²) >= 11 is 13.6. The van der Waals surface area contributed by atoms with E-state index in [1.54, 1.807) is 0 Å². The smallest absolute Gasteiger partial charge is 0.0996 e. The Balaban J connectivity index is 2.19. The zero-order valence-corrected chi connectivity index (χ0v) is 13.4. The second-order valence-electron chi connectivity index (χ2n) is 4.55. The zero-order valence-electron chi connectivity index (χ0n) is 11.0. The molecule has 0 amide bonds. The van der Waals surface area contributed by atoms with Crippen molar-refractivity contribution in [1.29, 1.82) is 0 Å². The molecule has 1 aromatic carbocycles. The van der Waals surface area contributed by atoms with E-state index in [9.17, 15) is 0 Å². The standard InChI is InChI=1S/C15H17Cl2NS/c1-3-6-11-7-4-5-8-13(11)18-10(2)12-9-14(16)19-15(12)17/h4-5,7-10,18H,3,6H2,1-2H3. The second kappa shape index (κ2) is 6.65. The van der Waals surface area contributed by atoms with Crippen LogP contribution in [0.2, 0.25) is 8.67 Å². The summed E-state index contributed by atoms with van der Waals surface area (Å²) in [4.78, 5) is 0.